The minimum Gasteiger partial charge on any atom is -0.352 e. The maximum atomic E-state index is 13.7. The van der Waals surface area contributed by atoms with E-state index in [0.29, 0.717) is 32.2 Å². The lowest BCUT2D eigenvalue weighted by molar-refractivity contribution is -0.140. The van der Waals surface area contributed by atoms with Gasteiger partial charge in [0.25, 0.3) is 0 Å². The Hall–Kier alpha value is -1.81. The van der Waals surface area contributed by atoms with Crippen LogP contribution >= 0.6 is 39.1 Å². The summed E-state index contributed by atoms with van der Waals surface area (Å²) in [4.78, 5) is 28.2. The number of amides is 2. The number of anilines is 1. The molecule has 2 rings (SSSR count). The molecule has 0 aliphatic heterocycles. The van der Waals surface area contributed by atoms with E-state index in [0.717, 1.165) is 17.0 Å². The summed E-state index contributed by atoms with van der Waals surface area (Å²) in [5.74, 6) is -0.828. The summed E-state index contributed by atoms with van der Waals surface area (Å²) < 4.78 is 26.9. The zero-order valence-corrected chi connectivity index (χ0v) is 24.0. The summed E-state index contributed by atoms with van der Waals surface area (Å²) in [5, 5.41) is 3.61. The summed E-state index contributed by atoms with van der Waals surface area (Å²) >= 11 is 15.6. The minimum atomic E-state index is -3.81. The van der Waals surface area contributed by atoms with Gasteiger partial charge in [0.2, 0.25) is 21.8 Å². The molecule has 192 valence electrons. The second-order valence-electron chi connectivity index (χ2n) is 8.23. The van der Waals surface area contributed by atoms with Gasteiger partial charge in [0.15, 0.2) is 0 Å². The van der Waals surface area contributed by atoms with Crippen molar-refractivity contribution in [3.8, 4) is 0 Å². The SMILES string of the molecule is CC[C@H](C(=O)N[C@@H](C)CC)N(Cc1ccc(Cl)c(Cl)c1)C(=O)CN(c1ccccc1Br)S(C)(=O)=O. The topological polar surface area (TPSA) is 86.8 Å². The van der Waals surface area contributed by atoms with Gasteiger partial charge in [-0.15, -0.1) is 0 Å². The van der Waals surface area contributed by atoms with E-state index in [2.05, 4.69) is 21.2 Å². The molecule has 0 saturated heterocycles. The molecule has 0 radical (unpaired) electrons. The fourth-order valence-electron chi connectivity index (χ4n) is 3.44. The number of sulfonamides is 1. The molecule has 0 aromatic heterocycles. The zero-order valence-electron chi connectivity index (χ0n) is 20.1. The quantitative estimate of drug-likeness (QED) is 0.379. The largest absolute Gasteiger partial charge is 0.352 e. The Bertz CT molecular complexity index is 1160. The molecule has 2 aromatic rings. The number of hydrogen-bond acceptors (Lipinski definition) is 4. The van der Waals surface area contributed by atoms with Gasteiger partial charge in [0, 0.05) is 17.1 Å². The number of nitrogens with zero attached hydrogens (tertiary/aromatic N) is 2. The second-order valence-corrected chi connectivity index (χ2v) is 11.8. The maximum absolute atomic E-state index is 13.7. The molecule has 0 spiro atoms. The minimum absolute atomic E-state index is 0.0513. The third kappa shape index (κ3) is 8.10. The van der Waals surface area contributed by atoms with Crippen molar-refractivity contribution in [2.24, 2.45) is 0 Å². The molecule has 2 aromatic carbocycles. The Balaban J connectivity index is 2.48. The normalized spacial score (nSPS) is 13.1. The van der Waals surface area contributed by atoms with Crippen LogP contribution in [0.5, 0.6) is 0 Å². The molecule has 0 aliphatic rings. The van der Waals surface area contributed by atoms with Gasteiger partial charge in [0.05, 0.1) is 22.0 Å². The van der Waals surface area contributed by atoms with Crippen LogP contribution in [0.15, 0.2) is 46.9 Å². The number of para-hydroxylation sites is 1. The van der Waals surface area contributed by atoms with Gasteiger partial charge in [-0.3, -0.25) is 13.9 Å². The Kier molecular flexibility index (Phi) is 10.9. The number of benzene rings is 2. The molecule has 0 unspecified atom stereocenters. The molecule has 7 nitrogen and oxygen atoms in total. The molecular formula is C24H30BrCl2N3O4S. The first-order valence-corrected chi connectivity index (χ1v) is 14.5. The van der Waals surface area contributed by atoms with Crippen LogP contribution in [0.3, 0.4) is 0 Å². The molecule has 0 saturated carbocycles. The molecule has 35 heavy (non-hydrogen) atoms. The lowest BCUT2D eigenvalue weighted by Gasteiger charge is -2.33. The van der Waals surface area contributed by atoms with Gasteiger partial charge in [-0.25, -0.2) is 8.42 Å². The number of nitrogens with one attached hydrogen (secondary N) is 1. The molecule has 0 aliphatic carbocycles. The van der Waals surface area contributed by atoms with Gasteiger partial charge >= 0.3 is 0 Å². The van der Waals surface area contributed by atoms with Crippen LogP contribution in [0, 0.1) is 0 Å². The number of carbonyl (C=O) groups excluding carboxylic acids is 2. The molecule has 0 bridgehead atoms. The van der Waals surface area contributed by atoms with Crippen LogP contribution in [-0.2, 0) is 26.2 Å². The first-order valence-electron chi connectivity index (χ1n) is 11.1. The van der Waals surface area contributed by atoms with Gasteiger partial charge in [-0.1, -0.05) is 55.2 Å². The van der Waals surface area contributed by atoms with Gasteiger partial charge in [0.1, 0.15) is 12.6 Å². The van der Waals surface area contributed by atoms with E-state index < -0.39 is 28.5 Å². The van der Waals surface area contributed by atoms with Gasteiger partial charge < -0.3 is 10.2 Å². The molecular weight excluding hydrogens is 577 g/mol. The Morgan fingerprint density at radius 1 is 1.06 bits per heavy atom. The summed E-state index contributed by atoms with van der Waals surface area (Å²) in [6, 6.07) is 10.8. The van der Waals surface area contributed by atoms with E-state index in [1.165, 1.54) is 4.90 Å². The predicted octanol–water partition coefficient (Wildman–Crippen LogP) is 5.24. The lowest BCUT2D eigenvalue weighted by Crippen LogP contribution is -2.53. The lowest BCUT2D eigenvalue weighted by atomic mass is 10.1. The standard InChI is InChI=1S/C24H30BrCl2N3O4S/c1-5-16(3)28-24(32)21(6-2)29(14-17-11-12-19(26)20(27)13-17)23(31)15-30(35(4,33)34)22-10-8-7-9-18(22)25/h7-13,16,21H,5-6,14-15H2,1-4H3,(H,28,32)/t16-,21+/m0/s1. The van der Waals surface area contributed by atoms with E-state index in [-0.39, 0.29) is 18.5 Å². The number of carbonyl (C=O) groups is 2. The number of halogens is 3. The average Bonchev–Trinajstić information content (AvgIpc) is 2.79. The fraction of sp³-hybridized carbons (Fsp3) is 0.417. The number of hydrogen-bond donors (Lipinski definition) is 1. The van der Waals surface area contributed by atoms with E-state index in [4.69, 9.17) is 23.2 Å². The van der Waals surface area contributed by atoms with Crippen LogP contribution in [0.25, 0.3) is 0 Å². The van der Waals surface area contributed by atoms with Crippen molar-refractivity contribution >= 4 is 66.7 Å². The average molecular weight is 607 g/mol. The smallest absolute Gasteiger partial charge is 0.244 e. The molecule has 1 N–H and O–H groups in total. The second kappa shape index (κ2) is 12.9. The van der Waals surface area contributed by atoms with Crippen LogP contribution in [-0.4, -0.2) is 50.0 Å². The Morgan fingerprint density at radius 2 is 1.71 bits per heavy atom. The molecule has 0 heterocycles. The highest BCUT2D eigenvalue weighted by molar-refractivity contribution is 9.10. The fourth-order valence-corrected chi connectivity index (χ4v) is 5.24. The first kappa shape index (κ1) is 29.4. The molecule has 2 amide bonds. The van der Waals surface area contributed by atoms with Gasteiger partial charge in [-0.05, 0) is 65.5 Å². The van der Waals surface area contributed by atoms with Crippen molar-refractivity contribution in [3.63, 3.8) is 0 Å². The number of rotatable bonds is 11. The zero-order chi connectivity index (χ0) is 26.3. The van der Waals surface area contributed by atoms with Crippen LogP contribution in [0.2, 0.25) is 10.0 Å². The molecule has 0 fully saturated rings. The van der Waals surface area contributed by atoms with Crippen LogP contribution in [0.1, 0.15) is 39.2 Å². The molecule has 2 atom stereocenters. The summed E-state index contributed by atoms with van der Waals surface area (Å²) in [7, 11) is -3.81. The Morgan fingerprint density at radius 3 is 2.26 bits per heavy atom. The highest BCUT2D eigenvalue weighted by Gasteiger charge is 2.32. The van der Waals surface area contributed by atoms with Crippen molar-refractivity contribution in [1.29, 1.82) is 0 Å². The Labute approximate surface area is 225 Å². The first-order chi connectivity index (χ1) is 16.4. The maximum Gasteiger partial charge on any atom is 0.244 e. The highest BCUT2D eigenvalue weighted by Crippen LogP contribution is 2.28. The van der Waals surface area contributed by atoms with Crippen molar-refractivity contribution in [3.05, 3.63) is 62.5 Å². The van der Waals surface area contributed by atoms with Gasteiger partial charge in [-0.2, -0.15) is 0 Å². The van der Waals surface area contributed by atoms with E-state index in [1.54, 1.807) is 49.4 Å². The van der Waals surface area contributed by atoms with Crippen molar-refractivity contribution in [1.82, 2.24) is 10.2 Å². The van der Waals surface area contributed by atoms with E-state index in [9.17, 15) is 18.0 Å². The van der Waals surface area contributed by atoms with E-state index >= 15 is 0 Å². The summed E-state index contributed by atoms with van der Waals surface area (Å²) in [5.41, 5.74) is 0.990. The van der Waals surface area contributed by atoms with Crippen molar-refractivity contribution in [2.75, 3.05) is 17.1 Å². The van der Waals surface area contributed by atoms with Crippen molar-refractivity contribution < 1.29 is 18.0 Å². The summed E-state index contributed by atoms with van der Waals surface area (Å²) in [6.45, 7) is 5.21. The molecule has 11 heteroatoms. The predicted molar refractivity (Wildman–Crippen MR) is 145 cm³/mol. The highest BCUT2D eigenvalue weighted by atomic mass is 79.9. The van der Waals surface area contributed by atoms with Crippen molar-refractivity contribution in [2.45, 2.75) is 52.2 Å². The summed E-state index contributed by atoms with van der Waals surface area (Å²) in [6.07, 6.45) is 2.10. The monoisotopic (exact) mass is 605 g/mol. The van der Waals surface area contributed by atoms with Crippen LogP contribution in [0.4, 0.5) is 5.69 Å². The third-order valence-electron chi connectivity index (χ3n) is 5.52. The van der Waals surface area contributed by atoms with E-state index in [1.807, 2.05) is 13.8 Å². The third-order valence-corrected chi connectivity index (χ3v) is 8.06. The van der Waals surface area contributed by atoms with Crippen LogP contribution < -0.4 is 9.62 Å².